The maximum atomic E-state index is 11.2. The maximum absolute atomic E-state index is 11.2. The number of hydrogen-bond acceptors (Lipinski definition) is 3. The molecule has 0 radical (unpaired) electrons. The fourth-order valence-electron chi connectivity index (χ4n) is 2.31. The van der Waals surface area contributed by atoms with Crippen molar-refractivity contribution in [2.75, 3.05) is 6.54 Å². The molecule has 2 aromatic heterocycles. The first-order valence-electron chi connectivity index (χ1n) is 6.07. The van der Waals surface area contributed by atoms with Crippen LogP contribution < -0.4 is 5.32 Å². The second-order valence-electron chi connectivity index (χ2n) is 4.69. The summed E-state index contributed by atoms with van der Waals surface area (Å²) in [4.78, 5) is 18.1. The van der Waals surface area contributed by atoms with Gasteiger partial charge in [0.15, 0.2) is 0 Å². The van der Waals surface area contributed by atoms with Crippen molar-refractivity contribution < 1.29 is 4.79 Å². The number of amides is 1. The van der Waals surface area contributed by atoms with Crippen LogP contribution in [-0.4, -0.2) is 22.0 Å². The molecule has 1 unspecified atom stereocenters. The third kappa shape index (κ3) is 2.18. The number of carbonyl (C=O) groups excluding carboxylic acids is 1. The van der Waals surface area contributed by atoms with Crippen LogP contribution in [0.4, 0.5) is 0 Å². The van der Waals surface area contributed by atoms with Crippen LogP contribution in [0.15, 0.2) is 24.5 Å². The van der Waals surface area contributed by atoms with Gasteiger partial charge in [0.25, 0.3) is 0 Å². The Balaban J connectivity index is 1.81. The van der Waals surface area contributed by atoms with E-state index in [1.54, 1.807) is 11.3 Å². The average Bonchev–Trinajstić information content (AvgIpc) is 3.01. The van der Waals surface area contributed by atoms with Crippen molar-refractivity contribution >= 4 is 17.2 Å². The van der Waals surface area contributed by atoms with Gasteiger partial charge >= 0.3 is 0 Å². The Hall–Kier alpha value is -1.62. The topological polar surface area (TPSA) is 46.9 Å². The Morgan fingerprint density at radius 1 is 1.56 bits per heavy atom. The molecule has 0 saturated carbocycles. The molecule has 1 saturated heterocycles. The van der Waals surface area contributed by atoms with Crippen LogP contribution >= 0.6 is 11.3 Å². The first-order valence-corrected chi connectivity index (χ1v) is 6.88. The molecule has 1 amide bonds. The molecule has 4 nitrogen and oxygen atoms in total. The highest BCUT2D eigenvalue weighted by atomic mass is 32.1. The summed E-state index contributed by atoms with van der Waals surface area (Å²) in [7, 11) is 0. The van der Waals surface area contributed by atoms with Gasteiger partial charge in [-0.2, -0.15) is 0 Å². The molecule has 1 fully saturated rings. The molecule has 94 valence electrons. The molecule has 2 aromatic rings. The molecule has 1 N–H and O–H groups in total. The van der Waals surface area contributed by atoms with E-state index in [-0.39, 0.29) is 5.91 Å². The minimum atomic E-state index is 0.161. The fraction of sp³-hybridized carbons (Fsp3) is 0.385. The lowest BCUT2D eigenvalue weighted by Crippen LogP contribution is -2.16. The van der Waals surface area contributed by atoms with Gasteiger partial charge in [0, 0.05) is 42.7 Å². The summed E-state index contributed by atoms with van der Waals surface area (Å²) in [5.41, 5.74) is 0. The quantitative estimate of drug-likeness (QED) is 0.919. The van der Waals surface area contributed by atoms with E-state index in [0.29, 0.717) is 12.3 Å². The standard InChI is InChI=1S/C13H15N3OS/c1-9-2-3-11(18-9)13-14-4-5-16(13)8-10-6-12(17)15-7-10/h2-5,10H,6-8H2,1H3,(H,15,17). The Labute approximate surface area is 110 Å². The van der Waals surface area contributed by atoms with Crippen LogP contribution in [0, 0.1) is 12.8 Å². The number of carbonyl (C=O) groups is 1. The first kappa shape index (κ1) is 11.5. The predicted molar refractivity (Wildman–Crippen MR) is 71.4 cm³/mol. The van der Waals surface area contributed by atoms with Crippen molar-refractivity contribution in [3.8, 4) is 10.7 Å². The molecule has 3 rings (SSSR count). The summed E-state index contributed by atoms with van der Waals surface area (Å²) in [6.45, 7) is 3.73. The van der Waals surface area contributed by atoms with Gasteiger partial charge in [-0.15, -0.1) is 11.3 Å². The van der Waals surface area contributed by atoms with Crippen molar-refractivity contribution in [2.45, 2.75) is 19.9 Å². The second kappa shape index (κ2) is 4.57. The number of nitrogens with zero attached hydrogens (tertiary/aromatic N) is 2. The van der Waals surface area contributed by atoms with Gasteiger partial charge in [0.05, 0.1) is 4.88 Å². The number of imidazole rings is 1. The number of thiophene rings is 1. The molecule has 0 aromatic carbocycles. The maximum Gasteiger partial charge on any atom is 0.220 e. The molecule has 0 bridgehead atoms. The van der Waals surface area contributed by atoms with Crippen molar-refractivity contribution in [3.05, 3.63) is 29.4 Å². The molecule has 1 aliphatic heterocycles. The van der Waals surface area contributed by atoms with Crippen LogP contribution in [0.5, 0.6) is 0 Å². The minimum absolute atomic E-state index is 0.161. The minimum Gasteiger partial charge on any atom is -0.356 e. The number of aryl methyl sites for hydroxylation is 1. The number of hydrogen-bond donors (Lipinski definition) is 1. The van der Waals surface area contributed by atoms with Gasteiger partial charge in [0.2, 0.25) is 5.91 Å². The Morgan fingerprint density at radius 3 is 3.11 bits per heavy atom. The van der Waals surface area contributed by atoms with E-state index >= 15 is 0 Å². The predicted octanol–water partition coefficient (Wildman–Crippen LogP) is 2.06. The van der Waals surface area contributed by atoms with E-state index in [1.165, 1.54) is 9.75 Å². The number of nitrogens with one attached hydrogen (secondary N) is 1. The molecule has 3 heterocycles. The van der Waals surface area contributed by atoms with Crippen LogP contribution in [0.3, 0.4) is 0 Å². The zero-order valence-electron chi connectivity index (χ0n) is 10.2. The van der Waals surface area contributed by atoms with E-state index in [2.05, 4.69) is 33.9 Å². The van der Waals surface area contributed by atoms with Crippen molar-refractivity contribution in [1.29, 1.82) is 0 Å². The Bertz CT molecular complexity index is 572. The van der Waals surface area contributed by atoms with E-state index in [9.17, 15) is 4.79 Å². The summed E-state index contributed by atoms with van der Waals surface area (Å²) in [5, 5.41) is 2.88. The summed E-state index contributed by atoms with van der Waals surface area (Å²) >= 11 is 1.75. The molecule has 1 atom stereocenters. The van der Waals surface area contributed by atoms with Gasteiger partial charge in [-0.3, -0.25) is 4.79 Å². The molecule has 0 spiro atoms. The van der Waals surface area contributed by atoms with Gasteiger partial charge in [0.1, 0.15) is 5.82 Å². The van der Waals surface area contributed by atoms with E-state index < -0.39 is 0 Å². The van der Waals surface area contributed by atoms with Gasteiger partial charge in [-0.05, 0) is 19.1 Å². The van der Waals surface area contributed by atoms with Gasteiger partial charge < -0.3 is 9.88 Å². The first-order chi connectivity index (χ1) is 8.72. The third-order valence-electron chi connectivity index (χ3n) is 3.19. The monoisotopic (exact) mass is 261 g/mol. The molecule has 1 aliphatic rings. The molecule has 0 aliphatic carbocycles. The lowest BCUT2D eigenvalue weighted by atomic mass is 10.1. The fourth-order valence-corrected chi connectivity index (χ4v) is 3.19. The number of rotatable bonds is 3. The van der Waals surface area contributed by atoms with E-state index in [0.717, 1.165) is 18.9 Å². The molecule has 5 heteroatoms. The Kier molecular flexibility index (Phi) is 2.91. The summed E-state index contributed by atoms with van der Waals surface area (Å²) in [6, 6.07) is 4.22. The van der Waals surface area contributed by atoms with Crippen LogP contribution in [0.25, 0.3) is 10.7 Å². The van der Waals surface area contributed by atoms with Crippen molar-refractivity contribution in [1.82, 2.24) is 14.9 Å². The largest absolute Gasteiger partial charge is 0.356 e. The zero-order valence-corrected chi connectivity index (χ0v) is 11.0. The van der Waals surface area contributed by atoms with Crippen molar-refractivity contribution in [3.63, 3.8) is 0 Å². The molecular weight excluding hydrogens is 246 g/mol. The zero-order chi connectivity index (χ0) is 12.5. The highest BCUT2D eigenvalue weighted by molar-refractivity contribution is 7.15. The molecule has 18 heavy (non-hydrogen) atoms. The lowest BCUT2D eigenvalue weighted by Gasteiger charge is -2.10. The van der Waals surface area contributed by atoms with E-state index in [1.807, 2.05) is 12.4 Å². The average molecular weight is 261 g/mol. The van der Waals surface area contributed by atoms with Crippen molar-refractivity contribution in [2.24, 2.45) is 5.92 Å². The highest BCUT2D eigenvalue weighted by Crippen LogP contribution is 2.27. The smallest absolute Gasteiger partial charge is 0.220 e. The van der Waals surface area contributed by atoms with Gasteiger partial charge in [-0.1, -0.05) is 0 Å². The van der Waals surface area contributed by atoms with Crippen LogP contribution in [0.1, 0.15) is 11.3 Å². The lowest BCUT2D eigenvalue weighted by molar-refractivity contribution is -0.119. The summed E-state index contributed by atoms with van der Waals surface area (Å²) in [5.74, 6) is 1.55. The third-order valence-corrected chi connectivity index (χ3v) is 4.19. The van der Waals surface area contributed by atoms with Crippen LogP contribution in [-0.2, 0) is 11.3 Å². The molecular formula is C13H15N3OS. The highest BCUT2D eigenvalue weighted by Gasteiger charge is 2.22. The Morgan fingerprint density at radius 2 is 2.44 bits per heavy atom. The summed E-state index contributed by atoms with van der Waals surface area (Å²) < 4.78 is 2.15. The van der Waals surface area contributed by atoms with Gasteiger partial charge in [-0.25, -0.2) is 4.98 Å². The normalized spacial score (nSPS) is 19.2. The van der Waals surface area contributed by atoms with Crippen LogP contribution in [0.2, 0.25) is 0 Å². The SMILES string of the molecule is Cc1ccc(-c2nccn2CC2CNC(=O)C2)s1. The number of aromatic nitrogens is 2. The van der Waals surface area contributed by atoms with E-state index in [4.69, 9.17) is 0 Å². The summed E-state index contributed by atoms with van der Waals surface area (Å²) in [6.07, 6.45) is 4.45. The second-order valence-corrected chi connectivity index (χ2v) is 5.98.